The fraction of sp³-hybridized carbons (Fsp3) is 0.111. The van der Waals surface area contributed by atoms with Gasteiger partial charge in [-0.05, 0) is 36.4 Å². The Kier molecular flexibility index (Phi) is 4.82. The van der Waals surface area contributed by atoms with Gasteiger partial charge in [-0.3, -0.25) is 9.78 Å². The Morgan fingerprint density at radius 2 is 1.96 bits per heavy atom. The molecule has 0 aliphatic rings. The van der Waals surface area contributed by atoms with Crippen molar-refractivity contribution in [1.82, 2.24) is 4.98 Å². The van der Waals surface area contributed by atoms with Crippen LogP contribution >= 0.6 is 11.6 Å². The SMILES string of the molecule is COc1ccc(NC(=O)COc2cccc3c(Cl)ccnc23)cc1. The van der Waals surface area contributed by atoms with Crippen LogP contribution in [-0.4, -0.2) is 24.6 Å². The molecule has 1 heterocycles. The summed E-state index contributed by atoms with van der Waals surface area (Å²) in [5.74, 6) is 0.974. The van der Waals surface area contributed by atoms with Crippen molar-refractivity contribution in [3.8, 4) is 11.5 Å². The standard InChI is InChI=1S/C18H15ClN2O3/c1-23-13-7-5-12(6-8-13)21-17(22)11-24-16-4-2-3-14-15(19)9-10-20-18(14)16/h2-10H,11H2,1H3,(H,21,22). The van der Waals surface area contributed by atoms with E-state index >= 15 is 0 Å². The second-order valence-corrected chi connectivity index (χ2v) is 5.42. The van der Waals surface area contributed by atoms with E-state index in [0.717, 1.165) is 11.1 Å². The molecule has 3 aromatic rings. The van der Waals surface area contributed by atoms with Crippen molar-refractivity contribution >= 4 is 34.1 Å². The van der Waals surface area contributed by atoms with Gasteiger partial charge in [0.1, 0.15) is 17.0 Å². The van der Waals surface area contributed by atoms with Gasteiger partial charge in [-0.1, -0.05) is 23.7 Å². The Hall–Kier alpha value is -2.79. The Balaban J connectivity index is 1.67. The van der Waals surface area contributed by atoms with E-state index < -0.39 is 0 Å². The van der Waals surface area contributed by atoms with Gasteiger partial charge in [-0.25, -0.2) is 0 Å². The summed E-state index contributed by atoms with van der Waals surface area (Å²) in [5, 5.41) is 4.13. The van der Waals surface area contributed by atoms with E-state index in [1.165, 1.54) is 0 Å². The number of aromatic nitrogens is 1. The minimum absolute atomic E-state index is 0.126. The molecule has 122 valence electrons. The number of methoxy groups -OCH3 is 1. The van der Waals surface area contributed by atoms with Crippen molar-refractivity contribution in [2.75, 3.05) is 19.0 Å². The largest absolute Gasteiger partial charge is 0.497 e. The third-order valence-corrected chi connectivity index (χ3v) is 3.74. The molecule has 0 fully saturated rings. The lowest BCUT2D eigenvalue weighted by Crippen LogP contribution is -2.20. The molecule has 0 saturated heterocycles. The minimum Gasteiger partial charge on any atom is -0.497 e. The summed E-state index contributed by atoms with van der Waals surface area (Å²) in [5.41, 5.74) is 1.30. The van der Waals surface area contributed by atoms with E-state index in [-0.39, 0.29) is 12.5 Å². The van der Waals surface area contributed by atoms with Crippen molar-refractivity contribution in [1.29, 1.82) is 0 Å². The number of carbonyl (C=O) groups excluding carboxylic acids is 1. The Bertz CT molecular complexity index is 866. The second-order valence-electron chi connectivity index (χ2n) is 5.01. The van der Waals surface area contributed by atoms with Gasteiger partial charge in [-0.2, -0.15) is 0 Å². The molecule has 1 N–H and O–H groups in total. The van der Waals surface area contributed by atoms with Gasteiger partial charge in [0, 0.05) is 17.3 Å². The summed E-state index contributed by atoms with van der Waals surface area (Å²) >= 11 is 6.14. The summed E-state index contributed by atoms with van der Waals surface area (Å²) < 4.78 is 10.7. The number of para-hydroxylation sites is 1. The van der Waals surface area contributed by atoms with Gasteiger partial charge in [0.15, 0.2) is 6.61 Å². The number of amides is 1. The first kappa shape index (κ1) is 16.1. The summed E-state index contributed by atoms with van der Waals surface area (Å²) in [6, 6.07) is 14.2. The highest BCUT2D eigenvalue weighted by atomic mass is 35.5. The molecule has 0 radical (unpaired) electrons. The van der Waals surface area contributed by atoms with Gasteiger partial charge in [0.2, 0.25) is 0 Å². The van der Waals surface area contributed by atoms with Gasteiger partial charge in [0.25, 0.3) is 5.91 Å². The smallest absolute Gasteiger partial charge is 0.262 e. The van der Waals surface area contributed by atoms with Gasteiger partial charge >= 0.3 is 0 Å². The minimum atomic E-state index is -0.265. The van der Waals surface area contributed by atoms with E-state index in [0.29, 0.717) is 22.0 Å². The maximum Gasteiger partial charge on any atom is 0.262 e. The fourth-order valence-corrected chi connectivity index (χ4v) is 2.46. The average Bonchev–Trinajstić information content (AvgIpc) is 2.61. The molecule has 1 aromatic heterocycles. The molecule has 5 nitrogen and oxygen atoms in total. The number of carbonyl (C=O) groups is 1. The lowest BCUT2D eigenvalue weighted by Gasteiger charge is -2.10. The van der Waals surface area contributed by atoms with E-state index in [1.807, 2.05) is 12.1 Å². The monoisotopic (exact) mass is 342 g/mol. The van der Waals surface area contributed by atoms with Crippen molar-refractivity contribution in [2.45, 2.75) is 0 Å². The predicted molar refractivity (Wildman–Crippen MR) is 93.9 cm³/mol. The molecule has 0 aliphatic heterocycles. The number of ether oxygens (including phenoxy) is 2. The van der Waals surface area contributed by atoms with Crippen LogP contribution in [0, 0.1) is 0 Å². The van der Waals surface area contributed by atoms with Crippen molar-refractivity contribution in [3.05, 3.63) is 59.8 Å². The van der Waals surface area contributed by atoms with Crippen LogP contribution in [0.3, 0.4) is 0 Å². The fourth-order valence-electron chi connectivity index (χ4n) is 2.25. The molecule has 6 heteroatoms. The Morgan fingerprint density at radius 1 is 1.17 bits per heavy atom. The van der Waals surface area contributed by atoms with Crippen LogP contribution in [-0.2, 0) is 4.79 Å². The second kappa shape index (κ2) is 7.19. The quantitative estimate of drug-likeness (QED) is 0.763. The van der Waals surface area contributed by atoms with Gasteiger partial charge in [0.05, 0.1) is 12.1 Å². The lowest BCUT2D eigenvalue weighted by atomic mass is 10.2. The number of nitrogens with one attached hydrogen (secondary N) is 1. The molecule has 2 aromatic carbocycles. The number of pyridine rings is 1. The Labute approximate surface area is 144 Å². The summed E-state index contributed by atoms with van der Waals surface area (Å²) in [4.78, 5) is 16.3. The van der Waals surface area contributed by atoms with Crippen molar-refractivity contribution < 1.29 is 14.3 Å². The number of halogens is 1. The molecular formula is C18H15ClN2O3. The molecule has 0 unspecified atom stereocenters. The maximum absolute atomic E-state index is 12.0. The zero-order chi connectivity index (χ0) is 16.9. The van der Waals surface area contributed by atoms with Crippen molar-refractivity contribution in [2.24, 2.45) is 0 Å². The average molecular weight is 343 g/mol. The number of fused-ring (bicyclic) bond motifs is 1. The first-order chi connectivity index (χ1) is 11.7. The van der Waals surface area contributed by atoms with Crippen LogP contribution in [0.15, 0.2) is 54.7 Å². The van der Waals surface area contributed by atoms with Crippen LogP contribution in [0.1, 0.15) is 0 Å². The summed E-state index contributed by atoms with van der Waals surface area (Å²) in [7, 11) is 1.59. The van der Waals surface area contributed by atoms with E-state index in [1.54, 1.807) is 49.7 Å². The third kappa shape index (κ3) is 3.58. The molecule has 3 rings (SSSR count). The Morgan fingerprint density at radius 3 is 2.71 bits per heavy atom. The predicted octanol–water partition coefficient (Wildman–Crippen LogP) is 3.91. The zero-order valence-electron chi connectivity index (χ0n) is 13.0. The molecule has 1 amide bonds. The lowest BCUT2D eigenvalue weighted by molar-refractivity contribution is -0.118. The number of nitrogens with zero attached hydrogens (tertiary/aromatic N) is 1. The van der Waals surface area contributed by atoms with Gasteiger partial charge in [-0.15, -0.1) is 0 Å². The molecule has 0 atom stereocenters. The summed E-state index contributed by atoms with van der Waals surface area (Å²) in [6.07, 6.45) is 1.61. The number of rotatable bonds is 5. The third-order valence-electron chi connectivity index (χ3n) is 3.41. The molecule has 0 aliphatic carbocycles. The molecule has 24 heavy (non-hydrogen) atoms. The number of anilines is 1. The van der Waals surface area contributed by atoms with Crippen LogP contribution in [0.2, 0.25) is 5.02 Å². The highest BCUT2D eigenvalue weighted by molar-refractivity contribution is 6.35. The van der Waals surface area contributed by atoms with E-state index in [2.05, 4.69) is 10.3 Å². The maximum atomic E-state index is 12.0. The first-order valence-electron chi connectivity index (χ1n) is 7.27. The molecule has 0 bridgehead atoms. The van der Waals surface area contributed by atoms with Crippen LogP contribution in [0.25, 0.3) is 10.9 Å². The number of hydrogen-bond donors (Lipinski definition) is 1. The topological polar surface area (TPSA) is 60.5 Å². The molecule has 0 saturated carbocycles. The number of hydrogen-bond acceptors (Lipinski definition) is 4. The summed E-state index contributed by atoms with van der Waals surface area (Å²) in [6.45, 7) is -0.126. The van der Waals surface area contributed by atoms with Crippen LogP contribution < -0.4 is 14.8 Å². The highest BCUT2D eigenvalue weighted by Crippen LogP contribution is 2.28. The van der Waals surface area contributed by atoms with Gasteiger partial charge < -0.3 is 14.8 Å². The first-order valence-corrected chi connectivity index (χ1v) is 7.65. The zero-order valence-corrected chi connectivity index (χ0v) is 13.7. The van der Waals surface area contributed by atoms with E-state index in [4.69, 9.17) is 21.1 Å². The normalized spacial score (nSPS) is 10.4. The molecule has 0 spiro atoms. The number of benzene rings is 2. The highest BCUT2D eigenvalue weighted by Gasteiger charge is 2.09. The van der Waals surface area contributed by atoms with Crippen LogP contribution in [0.4, 0.5) is 5.69 Å². The van der Waals surface area contributed by atoms with Crippen molar-refractivity contribution in [3.63, 3.8) is 0 Å². The van der Waals surface area contributed by atoms with Crippen LogP contribution in [0.5, 0.6) is 11.5 Å². The van der Waals surface area contributed by atoms with E-state index in [9.17, 15) is 4.79 Å². The molecular weight excluding hydrogens is 328 g/mol.